The van der Waals surface area contributed by atoms with Crippen LogP contribution in [0.2, 0.25) is 0 Å². The van der Waals surface area contributed by atoms with E-state index in [0.717, 1.165) is 18.9 Å². The number of carbonyl (C=O) groups excluding carboxylic acids is 1. The average molecular weight is 404 g/mol. The molecular weight excluding hydrogens is 374 g/mol. The van der Waals surface area contributed by atoms with E-state index in [4.69, 9.17) is 18.8 Å². The summed E-state index contributed by atoms with van der Waals surface area (Å²) in [7, 11) is 0.668. The van der Waals surface area contributed by atoms with E-state index in [-0.39, 0.29) is 22.8 Å². The minimum atomic E-state index is -0.785. The van der Waals surface area contributed by atoms with Gasteiger partial charge in [0, 0.05) is 5.46 Å². The number of benzene rings is 1. The third-order valence-electron chi connectivity index (χ3n) is 7.11. The van der Waals surface area contributed by atoms with E-state index in [9.17, 15) is 9.18 Å². The van der Waals surface area contributed by atoms with Crippen LogP contribution in [0.1, 0.15) is 64.7 Å². The number of halogens is 1. The highest BCUT2D eigenvalue weighted by molar-refractivity contribution is 6.63. The summed E-state index contributed by atoms with van der Waals surface area (Å²) in [5.74, 6) is 0.0337. The van der Waals surface area contributed by atoms with Gasteiger partial charge in [0.1, 0.15) is 22.7 Å². The molecule has 0 radical (unpaired) electrons. The van der Waals surface area contributed by atoms with Gasteiger partial charge in [0.15, 0.2) is 0 Å². The van der Waals surface area contributed by atoms with E-state index >= 15 is 0 Å². The van der Waals surface area contributed by atoms with Crippen LogP contribution in [0.5, 0.6) is 5.75 Å². The predicted molar refractivity (Wildman–Crippen MR) is 108 cm³/mol. The van der Waals surface area contributed by atoms with Crippen LogP contribution in [0.4, 0.5) is 4.39 Å². The Morgan fingerprint density at radius 3 is 2.52 bits per heavy atom. The molecule has 0 amide bonds. The third kappa shape index (κ3) is 3.17. The second kappa shape index (κ2) is 6.45. The van der Waals surface area contributed by atoms with Crippen molar-refractivity contribution in [2.75, 3.05) is 7.11 Å². The van der Waals surface area contributed by atoms with Gasteiger partial charge in [-0.15, -0.1) is 0 Å². The van der Waals surface area contributed by atoms with Gasteiger partial charge in [-0.25, -0.2) is 9.18 Å². The molecule has 1 unspecified atom stereocenters. The van der Waals surface area contributed by atoms with Crippen molar-refractivity contribution >= 4 is 18.6 Å². The SMILES string of the molecule is COc1c(B2OC3C[C@H]4C[C@@H](C4(C)C)[C@]3(C)O2)cc(F)cc1C(=O)OC(C)(C)C. The van der Waals surface area contributed by atoms with Crippen LogP contribution in [0.3, 0.4) is 0 Å². The first-order valence-corrected chi connectivity index (χ1v) is 10.3. The number of methoxy groups -OCH3 is 1. The largest absolute Gasteiger partial charge is 0.498 e. The molecule has 3 saturated carbocycles. The van der Waals surface area contributed by atoms with Gasteiger partial charge in [0.2, 0.25) is 0 Å². The first kappa shape index (κ1) is 20.7. The minimum Gasteiger partial charge on any atom is -0.496 e. The number of esters is 1. The van der Waals surface area contributed by atoms with Crippen LogP contribution < -0.4 is 10.2 Å². The fourth-order valence-electron chi connectivity index (χ4n) is 5.50. The summed E-state index contributed by atoms with van der Waals surface area (Å²) < 4.78 is 38.1. The summed E-state index contributed by atoms with van der Waals surface area (Å²) in [6.07, 6.45) is 1.99. The number of hydrogen-bond acceptors (Lipinski definition) is 5. The summed E-state index contributed by atoms with van der Waals surface area (Å²) in [5.41, 5.74) is -0.513. The minimum absolute atomic E-state index is 0.0364. The summed E-state index contributed by atoms with van der Waals surface area (Å²) in [6.45, 7) is 12.0. The molecule has 29 heavy (non-hydrogen) atoms. The molecule has 5 nitrogen and oxygen atoms in total. The van der Waals surface area contributed by atoms with Gasteiger partial charge in [-0.1, -0.05) is 13.8 Å². The lowest BCUT2D eigenvalue weighted by atomic mass is 9.43. The van der Waals surface area contributed by atoms with E-state index < -0.39 is 30.1 Å². The Balaban J connectivity index is 1.69. The van der Waals surface area contributed by atoms with Crippen LogP contribution >= 0.6 is 0 Å². The molecule has 1 aromatic carbocycles. The Kier molecular flexibility index (Phi) is 4.60. The smallest absolute Gasteiger partial charge is 0.496 e. The summed E-state index contributed by atoms with van der Waals surface area (Å²) >= 11 is 0. The molecule has 3 aliphatic carbocycles. The fraction of sp³-hybridized carbons (Fsp3) is 0.682. The average Bonchev–Trinajstić information content (AvgIpc) is 2.96. The number of hydrogen-bond donors (Lipinski definition) is 0. The van der Waals surface area contributed by atoms with Gasteiger partial charge in [0.25, 0.3) is 0 Å². The quantitative estimate of drug-likeness (QED) is 0.568. The Hall–Kier alpha value is -1.60. The maximum Gasteiger partial charge on any atom is 0.498 e. The van der Waals surface area contributed by atoms with Crippen LogP contribution in [0, 0.1) is 23.1 Å². The molecule has 2 bridgehead atoms. The lowest BCUT2D eigenvalue weighted by Crippen LogP contribution is -2.65. The Bertz CT molecular complexity index is 848. The molecule has 0 spiro atoms. The lowest BCUT2D eigenvalue weighted by molar-refractivity contribution is -0.199. The van der Waals surface area contributed by atoms with Crippen molar-refractivity contribution in [2.45, 2.75) is 71.7 Å². The molecular formula is C22H30BFO5. The molecule has 1 saturated heterocycles. The van der Waals surface area contributed by atoms with Crippen LogP contribution in [-0.2, 0) is 14.0 Å². The number of rotatable bonds is 3. The van der Waals surface area contributed by atoms with Gasteiger partial charge in [-0.3, -0.25) is 0 Å². The summed E-state index contributed by atoms with van der Waals surface area (Å²) in [4.78, 5) is 12.7. The molecule has 7 heteroatoms. The lowest BCUT2D eigenvalue weighted by Gasteiger charge is -2.64. The Morgan fingerprint density at radius 1 is 1.24 bits per heavy atom. The van der Waals surface area contributed by atoms with E-state index in [1.807, 2.05) is 0 Å². The van der Waals surface area contributed by atoms with Crippen molar-refractivity contribution in [3.05, 3.63) is 23.5 Å². The van der Waals surface area contributed by atoms with E-state index in [1.165, 1.54) is 13.2 Å². The second-order valence-electron chi connectivity index (χ2n) is 10.4. The van der Waals surface area contributed by atoms with Crippen LogP contribution in [0.15, 0.2) is 12.1 Å². The van der Waals surface area contributed by atoms with E-state index in [2.05, 4.69) is 20.8 Å². The van der Waals surface area contributed by atoms with Gasteiger partial charge >= 0.3 is 13.1 Å². The van der Waals surface area contributed by atoms with Crippen molar-refractivity contribution in [3.63, 3.8) is 0 Å². The highest BCUT2D eigenvalue weighted by Crippen LogP contribution is 2.65. The van der Waals surface area contributed by atoms with Crippen LogP contribution in [0.25, 0.3) is 0 Å². The van der Waals surface area contributed by atoms with Crippen LogP contribution in [-0.4, -0.2) is 37.5 Å². The molecule has 4 atom stereocenters. The number of ether oxygens (including phenoxy) is 2. The molecule has 1 aromatic rings. The topological polar surface area (TPSA) is 54.0 Å². The van der Waals surface area contributed by atoms with Crippen molar-refractivity contribution in [2.24, 2.45) is 17.3 Å². The van der Waals surface area contributed by atoms with Gasteiger partial charge in [0.05, 0.1) is 18.8 Å². The molecule has 5 rings (SSSR count). The molecule has 0 N–H and O–H groups in total. The second-order valence-corrected chi connectivity index (χ2v) is 10.4. The van der Waals surface area contributed by atoms with Crippen molar-refractivity contribution in [3.8, 4) is 5.75 Å². The molecule has 1 heterocycles. The monoisotopic (exact) mass is 404 g/mol. The molecule has 4 fully saturated rings. The number of carbonyl (C=O) groups is 1. The molecule has 158 valence electrons. The maximum absolute atomic E-state index is 14.5. The predicted octanol–water partition coefficient (Wildman–Crippen LogP) is 3.72. The third-order valence-corrected chi connectivity index (χ3v) is 7.11. The molecule has 1 aliphatic heterocycles. The van der Waals surface area contributed by atoms with E-state index in [0.29, 0.717) is 17.3 Å². The Morgan fingerprint density at radius 2 is 1.93 bits per heavy atom. The zero-order valence-corrected chi connectivity index (χ0v) is 18.3. The first-order valence-electron chi connectivity index (χ1n) is 10.3. The summed E-state index contributed by atoms with van der Waals surface area (Å²) in [6, 6.07) is 2.47. The zero-order valence-electron chi connectivity index (χ0n) is 18.3. The first-order chi connectivity index (χ1) is 13.4. The summed E-state index contributed by atoms with van der Waals surface area (Å²) in [5, 5.41) is 0. The molecule has 4 aliphatic rings. The van der Waals surface area contributed by atoms with Crippen molar-refractivity contribution in [1.82, 2.24) is 0 Å². The van der Waals surface area contributed by atoms with Gasteiger partial charge in [-0.05, 0) is 69.9 Å². The van der Waals surface area contributed by atoms with Crippen molar-refractivity contribution in [1.29, 1.82) is 0 Å². The zero-order chi connectivity index (χ0) is 21.4. The van der Waals surface area contributed by atoms with Crippen molar-refractivity contribution < 1.29 is 28.0 Å². The highest BCUT2D eigenvalue weighted by atomic mass is 19.1. The molecule has 0 aromatic heterocycles. The standard InChI is InChI=1S/C22H30BFO5/c1-20(2,3)27-19(25)14-10-13(24)11-15(18(14)26-7)23-28-17-9-12-8-16(21(12,4)5)22(17,6)29-23/h10-12,16-17H,8-9H2,1-7H3/t12-,16+,17?,22+/m1/s1. The highest BCUT2D eigenvalue weighted by Gasteiger charge is 2.68. The van der Waals surface area contributed by atoms with Gasteiger partial charge in [-0.2, -0.15) is 0 Å². The maximum atomic E-state index is 14.5. The normalized spacial score (nSPS) is 32.4. The fourth-order valence-corrected chi connectivity index (χ4v) is 5.50. The van der Waals surface area contributed by atoms with Gasteiger partial charge < -0.3 is 18.8 Å². The Labute approximate surface area is 172 Å². The van der Waals surface area contributed by atoms with E-state index in [1.54, 1.807) is 20.8 Å².